The van der Waals surface area contributed by atoms with Gasteiger partial charge in [-0.2, -0.15) is 0 Å². The third-order valence-corrected chi connectivity index (χ3v) is 20.0. The van der Waals surface area contributed by atoms with E-state index >= 15 is 0 Å². The summed E-state index contributed by atoms with van der Waals surface area (Å²) in [6.45, 7) is 25.6. The van der Waals surface area contributed by atoms with Crippen molar-refractivity contribution in [2.45, 2.75) is 161 Å². The van der Waals surface area contributed by atoms with Crippen LogP contribution in [0.5, 0.6) is 0 Å². The van der Waals surface area contributed by atoms with E-state index < -0.39 is 16.6 Å². The molecule has 0 bridgehead atoms. The van der Waals surface area contributed by atoms with Gasteiger partial charge in [0.25, 0.3) is 0 Å². The average molecular weight is 561 g/mol. The summed E-state index contributed by atoms with van der Waals surface area (Å²) in [5, 5.41) is 0.327. The summed E-state index contributed by atoms with van der Waals surface area (Å²) in [6, 6.07) is 0. The number of rotatable bonds is 9. The highest BCUT2D eigenvalue weighted by molar-refractivity contribution is 6.74. The van der Waals surface area contributed by atoms with Gasteiger partial charge in [0.1, 0.15) is 11.9 Å². The molecule has 3 nitrogen and oxygen atoms in total. The van der Waals surface area contributed by atoms with Crippen LogP contribution in [0.1, 0.15) is 113 Å². The molecule has 0 spiro atoms. The van der Waals surface area contributed by atoms with Crippen LogP contribution in [0.3, 0.4) is 0 Å². The molecule has 38 heavy (non-hydrogen) atoms. The number of carbonyl (C=O) groups excluding carboxylic acids is 1. The first-order valence-electron chi connectivity index (χ1n) is 15.9. The summed E-state index contributed by atoms with van der Waals surface area (Å²) in [5.41, 5.74) is 0. The Morgan fingerprint density at radius 3 is 2.08 bits per heavy atom. The number of carbonyl (C=O) groups is 1. The SMILES string of the molecule is CCCCC1C(=O)[C@@H]2CC[C@H](O[Si](C)(C)C(C)(C)C)[C@@H](C#C[C@H](CC3CCCC3)O[Si](C)(C)C(C)(C)C)[C@H]12. The Morgan fingerprint density at radius 1 is 0.921 bits per heavy atom. The van der Waals surface area contributed by atoms with Crippen LogP contribution in [0, 0.1) is 41.4 Å². The van der Waals surface area contributed by atoms with Crippen LogP contribution in [0.4, 0.5) is 0 Å². The second kappa shape index (κ2) is 12.2. The van der Waals surface area contributed by atoms with E-state index in [-0.39, 0.29) is 40.0 Å². The zero-order valence-corrected chi connectivity index (χ0v) is 28.8. The lowest BCUT2D eigenvalue weighted by Gasteiger charge is -2.53. The molecule has 0 heterocycles. The summed E-state index contributed by atoms with van der Waals surface area (Å²) in [7, 11) is -3.90. The molecule has 3 saturated carbocycles. The fraction of sp³-hybridized carbons (Fsp3) is 0.909. The topological polar surface area (TPSA) is 35.5 Å². The van der Waals surface area contributed by atoms with Crippen molar-refractivity contribution in [3.63, 3.8) is 0 Å². The van der Waals surface area contributed by atoms with Crippen LogP contribution in [0.2, 0.25) is 36.3 Å². The molecule has 0 saturated heterocycles. The maximum absolute atomic E-state index is 13.2. The fourth-order valence-corrected chi connectivity index (χ4v) is 9.06. The van der Waals surface area contributed by atoms with E-state index in [1.54, 1.807) is 0 Å². The van der Waals surface area contributed by atoms with Crippen molar-refractivity contribution in [3.05, 3.63) is 0 Å². The maximum atomic E-state index is 13.2. The Labute approximate surface area is 238 Å². The molecule has 0 aromatic carbocycles. The minimum Gasteiger partial charge on any atom is -0.413 e. The minimum absolute atomic E-state index is 0.00207. The summed E-state index contributed by atoms with van der Waals surface area (Å²) in [4.78, 5) is 13.2. The van der Waals surface area contributed by atoms with Gasteiger partial charge in [0.05, 0.1) is 6.10 Å². The number of fused-ring (bicyclic) bond motifs is 1. The van der Waals surface area contributed by atoms with Crippen molar-refractivity contribution in [2.75, 3.05) is 0 Å². The molecule has 3 fully saturated rings. The third kappa shape index (κ3) is 7.26. The van der Waals surface area contributed by atoms with E-state index in [1.165, 1.54) is 25.7 Å². The van der Waals surface area contributed by atoms with E-state index in [4.69, 9.17) is 8.85 Å². The summed E-state index contributed by atoms with van der Waals surface area (Å²) in [6.07, 6.45) is 11.8. The first kappa shape index (κ1) is 32.1. The van der Waals surface area contributed by atoms with Gasteiger partial charge in [-0.1, -0.05) is 98.8 Å². The predicted octanol–water partition coefficient (Wildman–Crippen LogP) is 9.38. The predicted molar refractivity (Wildman–Crippen MR) is 166 cm³/mol. The number of ketones is 1. The molecule has 0 amide bonds. The molecule has 0 aliphatic heterocycles. The smallest absolute Gasteiger partial charge is 0.193 e. The lowest BCUT2D eigenvalue weighted by atomic mass is 9.52. The van der Waals surface area contributed by atoms with Gasteiger partial charge in [0, 0.05) is 17.8 Å². The molecule has 0 aromatic heterocycles. The highest BCUT2D eigenvalue weighted by atomic mass is 28.4. The monoisotopic (exact) mass is 560 g/mol. The molecule has 218 valence electrons. The Hall–Kier alpha value is -0.416. The Bertz CT molecular complexity index is 863. The molecule has 6 atom stereocenters. The number of Topliss-reactive ketones (excluding diaryl/α,β-unsaturated/α-hetero) is 1. The molecule has 5 heteroatoms. The van der Waals surface area contributed by atoms with Crippen LogP contribution >= 0.6 is 0 Å². The number of hydrogen-bond donors (Lipinski definition) is 0. The Morgan fingerprint density at radius 2 is 1.53 bits per heavy atom. The highest BCUT2D eigenvalue weighted by Crippen LogP contribution is 2.53. The second-order valence-corrected chi connectivity index (χ2v) is 25.4. The second-order valence-electron chi connectivity index (χ2n) is 15.9. The zero-order valence-electron chi connectivity index (χ0n) is 26.8. The largest absolute Gasteiger partial charge is 0.413 e. The van der Waals surface area contributed by atoms with Gasteiger partial charge < -0.3 is 8.85 Å². The average Bonchev–Trinajstić information content (AvgIpc) is 3.29. The lowest BCUT2D eigenvalue weighted by Crippen LogP contribution is -2.58. The number of unbranched alkanes of at least 4 members (excludes halogenated alkanes) is 1. The van der Waals surface area contributed by atoms with Crippen molar-refractivity contribution >= 4 is 22.4 Å². The lowest BCUT2D eigenvalue weighted by molar-refractivity contribution is -0.153. The van der Waals surface area contributed by atoms with Gasteiger partial charge >= 0.3 is 0 Å². The molecular formula is C33H60O3Si2. The first-order valence-corrected chi connectivity index (χ1v) is 21.7. The Kier molecular flexibility index (Phi) is 10.3. The van der Waals surface area contributed by atoms with E-state index in [1.807, 2.05) is 0 Å². The summed E-state index contributed by atoms with van der Waals surface area (Å²) >= 11 is 0. The van der Waals surface area contributed by atoms with Crippen molar-refractivity contribution in [2.24, 2.45) is 29.6 Å². The molecule has 3 rings (SSSR count). The van der Waals surface area contributed by atoms with Crippen LogP contribution in [0.25, 0.3) is 0 Å². The van der Waals surface area contributed by atoms with Crippen molar-refractivity contribution < 1.29 is 13.6 Å². The minimum atomic E-state index is -1.95. The molecular weight excluding hydrogens is 501 g/mol. The van der Waals surface area contributed by atoms with Crippen LogP contribution in [-0.4, -0.2) is 34.6 Å². The third-order valence-electron chi connectivity index (χ3n) is 11.0. The van der Waals surface area contributed by atoms with Gasteiger partial charge in [0.2, 0.25) is 0 Å². The molecule has 3 aliphatic carbocycles. The summed E-state index contributed by atoms with van der Waals surface area (Å²) in [5.74, 6) is 9.75. The van der Waals surface area contributed by atoms with Gasteiger partial charge in [0.15, 0.2) is 16.6 Å². The molecule has 1 unspecified atom stereocenters. The van der Waals surface area contributed by atoms with Gasteiger partial charge in [-0.05, 0) is 73.8 Å². The Balaban J connectivity index is 1.94. The molecule has 3 aliphatic rings. The van der Waals surface area contributed by atoms with Gasteiger partial charge in [-0.25, -0.2) is 0 Å². The van der Waals surface area contributed by atoms with Crippen molar-refractivity contribution in [1.82, 2.24) is 0 Å². The highest BCUT2D eigenvalue weighted by Gasteiger charge is 2.57. The quantitative estimate of drug-likeness (QED) is 0.208. The maximum Gasteiger partial charge on any atom is 0.193 e. The van der Waals surface area contributed by atoms with Gasteiger partial charge in [-0.15, -0.1) is 0 Å². The van der Waals surface area contributed by atoms with Crippen molar-refractivity contribution in [1.29, 1.82) is 0 Å². The van der Waals surface area contributed by atoms with E-state index in [2.05, 4.69) is 86.5 Å². The molecule has 0 aromatic rings. The summed E-state index contributed by atoms with van der Waals surface area (Å²) < 4.78 is 14.1. The van der Waals surface area contributed by atoms with E-state index in [0.717, 1.165) is 44.4 Å². The number of hydrogen-bond acceptors (Lipinski definition) is 3. The normalized spacial score (nSPS) is 29.9. The first-order chi connectivity index (χ1) is 17.5. The molecule has 0 N–H and O–H groups in total. The van der Waals surface area contributed by atoms with Crippen LogP contribution < -0.4 is 0 Å². The van der Waals surface area contributed by atoms with Crippen molar-refractivity contribution in [3.8, 4) is 11.8 Å². The van der Waals surface area contributed by atoms with Gasteiger partial charge in [-0.3, -0.25) is 4.79 Å². The standard InChI is InChI=1S/C33H60O3Si2/c1-12-13-18-27-30-26(29(22-21-28(30)31(27)34)36-38(10,11)33(5,6)7)20-19-25(23-24-16-14-15-17-24)35-37(8,9)32(2,3)4/h24-30H,12-18,21-23H2,1-11H3/t25-,26-,27?,28-,29+,30-/m1/s1. The fourth-order valence-electron chi connectivity index (χ4n) is 6.46. The van der Waals surface area contributed by atoms with E-state index in [0.29, 0.717) is 11.7 Å². The zero-order chi connectivity index (χ0) is 28.5. The van der Waals surface area contributed by atoms with Crippen LogP contribution in [0.15, 0.2) is 0 Å². The van der Waals surface area contributed by atoms with E-state index in [9.17, 15) is 4.79 Å². The van der Waals surface area contributed by atoms with Crippen LogP contribution in [-0.2, 0) is 13.6 Å². The molecule has 0 radical (unpaired) electrons.